The first-order valence-electron chi connectivity index (χ1n) is 8.61. The van der Waals surface area contributed by atoms with Crippen molar-refractivity contribution in [1.82, 2.24) is 5.32 Å². The summed E-state index contributed by atoms with van der Waals surface area (Å²) in [4.78, 5) is 12.3. The second-order valence-electron chi connectivity index (χ2n) is 6.15. The van der Waals surface area contributed by atoms with Crippen molar-refractivity contribution in [2.45, 2.75) is 25.5 Å². The van der Waals surface area contributed by atoms with Crippen LogP contribution in [0.15, 0.2) is 48.5 Å². The molecule has 0 aliphatic carbocycles. The third-order valence-electron chi connectivity index (χ3n) is 4.26. The van der Waals surface area contributed by atoms with Gasteiger partial charge < -0.3 is 20.1 Å². The second-order valence-corrected chi connectivity index (χ2v) is 6.15. The smallest absolute Gasteiger partial charge is 0.255 e. The van der Waals surface area contributed by atoms with Gasteiger partial charge in [-0.05, 0) is 54.8 Å². The minimum absolute atomic E-state index is 0.132. The lowest BCUT2D eigenvalue weighted by Crippen LogP contribution is -2.25. The number of carbonyl (C=O) groups is 1. The number of amides is 1. The number of anilines is 1. The minimum Gasteiger partial charge on any atom is -0.497 e. The fraction of sp³-hybridized carbons (Fsp3) is 0.350. The summed E-state index contributed by atoms with van der Waals surface area (Å²) >= 11 is 0. The van der Waals surface area contributed by atoms with Crippen LogP contribution in [0.25, 0.3) is 0 Å². The Morgan fingerprint density at radius 3 is 2.80 bits per heavy atom. The zero-order valence-electron chi connectivity index (χ0n) is 14.5. The van der Waals surface area contributed by atoms with Gasteiger partial charge in [0.15, 0.2) is 0 Å². The normalized spacial score (nSPS) is 16.6. The molecule has 2 aromatic rings. The highest BCUT2D eigenvalue weighted by Crippen LogP contribution is 2.15. The maximum absolute atomic E-state index is 12.3. The summed E-state index contributed by atoms with van der Waals surface area (Å²) in [6, 6.07) is 14.9. The molecule has 1 amide bonds. The van der Waals surface area contributed by atoms with Crippen LogP contribution in [0.4, 0.5) is 5.69 Å². The molecule has 5 heteroatoms. The average molecular weight is 340 g/mol. The topological polar surface area (TPSA) is 59.6 Å². The van der Waals surface area contributed by atoms with E-state index in [2.05, 4.69) is 10.6 Å². The first kappa shape index (κ1) is 17.5. The SMILES string of the molecule is COc1ccc(C(=O)Nc2cccc(CNCC3CCCO3)c2)cc1. The largest absolute Gasteiger partial charge is 0.497 e. The van der Waals surface area contributed by atoms with Gasteiger partial charge in [-0.3, -0.25) is 4.79 Å². The van der Waals surface area contributed by atoms with Crippen molar-refractivity contribution in [3.05, 3.63) is 59.7 Å². The average Bonchev–Trinajstić information content (AvgIpc) is 3.15. The quantitative estimate of drug-likeness (QED) is 0.812. The van der Waals surface area contributed by atoms with E-state index < -0.39 is 0 Å². The first-order valence-corrected chi connectivity index (χ1v) is 8.61. The number of ether oxygens (including phenoxy) is 2. The lowest BCUT2D eigenvalue weighted by Gasteiger charge is -2.12. The van der Waals surface area contributed by atoms with Gasteiger partial charge in [0, 0.05) is 30.9 Å². The molecule has 2 aromatic carbocycles. The van der Waals surface area contributed by atoms with Crippen molar-refractivity contribution >= 4 is 11.6 Å². The van der Waals surface area contributed by atoms with Crippen LogP contribution in [0.3, 0.4) is 0 Å². The van der Waals surface area contributed by atoms with Crippen molar-refractivity contribution in [3.8, 4) is 5.75 Å². The molecule has 0 bridgehead atoms. The molecule has 5 nitrogen and oxygen atoms in total. The molecule has 0 radical (unpaired) electrons. The third kappa shape index (κ3) is 5.05. The van der Waals surface area contributed by atoms with E-state index in [1.54, 1.807) is 31.4 Å². The molecule has 25 heavy (non-hydrogen) atoms. The van der Waals surface area contributed by atoms with Crippen LogP contribution < -0.4 is 15.4 Å². The van der Waals surface area contributed by atoms with E-state index >= 15 is 0 Å². The van der Waals surface area contributed by atoms with Gasteiger partial charge in [0.1, 0.15) is 5.75 Å². The number of hydrogen-bond acceptors (Lipinski definition) is 4. The number of hydrogen-bond donors (Lipinski definition) is 2. The van der Waals surface area contributed by atoms with E-state index in [-0.39, 0.29) is 5.91 Å². The molecule has 1 saturated heterocycles. The van der Waals surface area contributed by atoms with Crippen LogP contribution in [0.5, 0.6) is 5.75 Å². The number of nitrogens with one attached hydrogen (secondary N) is 2. The molecule has 2 N–H and O–H groups in total. The van der Waals surface area contributed by atoms with Gasteiger partial charge >= 0.3 is 0 Å². The van der Waals surface area contributed by atoms with E-state index in [1.807, 2.05) is 24.3 Å². The number of carbonyl (C=O) groups excluding carboxylic acids is 1. The van der Waals surface area contributed by atoms with Gasteiger partial charge in [-0.25, -0.2) is 0 Å². The highest BCUT2D eigenvalue weighted by atomic mass is 16.5. The van der Waals surface area contributed by atoms with Crippen LogP contribution in [-0.4, -0.2) is 32.3 Å². The lowest BCUT2D eigenvalue weighted by molar-refractivity contribution is 0.102. The Bertz CT molecular complexity index is 694. The predicted octanol–water partition coefficient (Wildman–Crippen LogP) is 3.22. The van der Waals surface area contributed by atoms with E-state index in [4.69, 9.17) is 9.47 Å². The molecular formula is C20H24N2O3. The molecule has 1 fully saturated rings. The zero-order valence-corrected chi connectivity index (χ0v) is 14.5. The molecule has 3 rings (SSSR count). The fourth-order valence-electron chi connectivity index (χ4n) is 2.89. The summed E-state index contributed by atoms with van der Waals surface area (Å²) < 4.78 is 10.7. The minimum atomic E-state index is -0.132. The fourth-order valence-corrected chi connectivity index (χ4v) is 2.89. The Kier molecular flexibility index (Phi) is 6.04. The summed E-state index contributed by atoms with van der Waals surface area (Å²) in [5.74, 6) is 0.600. The maximum atomic E-state index is 12.3. The standard InChI is InChI=1S/C20H24N2O3/c1-24-18-9-7-16(8-10-18)20(23)22-17-5-2-4-15(12-17)13-21-14-19-6-3-11-25-19/h2,4-5,7-10,12,19,21H,3,6,11,13-14H2,1H3,(H,22,23). The lowest BCUT2D eigenvalue weighted by atomic mass is 10.1. The van der Waals surface area contributed by atoms with Gasteiger partial charge in [-0.2, -0.15) is 0 Å². The molecule has 1 aliphatic heterocycles. The van der Waals surface area contributed by atoms with Gasteiger partial charge in [0.2, 0.25) is 0 Å². The molecule has 0 aromatic heterocycles. The van der Waals surface area contributed by atoms with Gasteiger partial charge in [0.25, 0.3) is 5.91 Å². The third-order valence-corrected chi connectivity index (χ3v) is 4.26. The molecular weight excluding hydrogens is 316 g/mol. The van der Waals surface area contributed by atoms with Crippen LogP contribution in [-0.2, 0) is 11.3 Å². The Balaban J connectivity index is 1.53. The van der Waals surface area contributed by atoms with Gasteiger partial charge in [-0.15, -0.1) is 0 Å². The van der Waals surface area contributed by atoms with Crippen molar-refractivity contribution in [3.63, 3.8) is 0 Å². The Morgan fingerprint density at radius 1 is 1.24 bits per heavy atom. The number of methoxy groups -OCH3 is 1. The summed E-state index contributed by atoms with van der Waals surface area (Å²) in [5.41, 5.74) is 2.52. The van der Waals surface area contributed by atoms with E-state index in [1.165, 1.54) is 0 Å². The molecule has 0 saturated carbocycles. The van der Waals surface area contributed by atoms with Crippen molar-refractivity contribution < 1.29 is 14.3 Å². The summed E-state index contributed by atoms with van der Waals surface area (Å²) in [7, 11) is 1.60. The van der Waals surface area contributed by atoms with Crippen molar-refractivity contribution in [2.75, 3.05) is 25.6 Å². The number of benzene rings is 2. The molecule has 0 spiro atoms. The monoisotopic (exact) mass is 340 g/mol. The molecule has 1 aliphatic rings. The van der Waals surface area contributed by atoms with E-state index in [9.17, 15) is 4.79 Å². The number of rotatable bonds is 7. The highest BCUT2D eigenvalue weighted by Gasteiger charge is 2.14. The Labute approximate surface area is 148 Å². The van der Waals surface area contributed by atoms with Crippen LogP contribution in [0.2, 0.25) is 0 Å². The maximum Gasteiger partial charge on any atom is 0.255 e. The summed E-state index contributed by atoms with van der Waals surface area (Å²) in [6.45, 7) is 2.49. The zero-order chi connectivity index (χ0) is 17.5. The van der Waals surface area contributed by atoms with E-state index in [0.29, 0.717) is 11.7 Å². The molecule has 1 heterocycles. The summed E-state index contributed by atoms with van der Waals surface area (Å²) in [6.07, 6.45) is 2.61. The van der Waals surface area contributed by atoms with Gasteiger partial charge in [0.05, 0.1) is 13.2 Å². The molecule has 132 valence electrons. The Hall–Kier alpha value is -2.37. The van der Waals surface area contributed by atoms with Crippen molar-refractivity contribution in [2.24, 2.45) is 0 Å². The first-order chi connectivity index (χ1) is 12.2. The van der Waals surface area contributed by atoms with Crippen LogP contribution in [0.1, 0.15) is 28.8 Å². The predicted molar refractivity (Wildman–Crippen MR) is 98.1 cm³/mol. The van der Waals surface area contributed by atoms with Gasteiger partial charge in [-0.1, -0.05) is 12.1 Å². The molecule has 1 unspecified atom stereocenters. The molecule has 1 atom stereocenters. The highest BCUT2D eigenvalue weighted by molar-refractivity contribution is 6.04. The van der Waals surface area contributed by atoms with Crippen LogP contribution in [0, 0.1) is 0 Å². The summed E-state index contributed by atoms with van der Waals surface area (Å²) in [5, 5.41) is 6.35. The van der Waals surface area contributed by atoms with E-state index in [0.717, 1.165) is 49.5 Å². The van der Waals surface area contributed by atoms with Crippen LogP contribution >= 0.6 is 0 Å². The second kappa shape index (κ2) is 8.65. The van der Waals surface area contributed by atoms with Crippen molar-refractivity contribution in [1.29, 1.82) is 0 Å². The Morgan fingerprint density at radius 2 is 2.08 bits per heavy atom.